The predicted octanol–water partition coefficient (Wildman–Crippen LogP) is 1.79. The van der Waals surface area contributed by atoms with Gasteiger partial charge in [0.05, 0.1) is 12.2 Å². The second-order valence-corrected chi connectivity index (χ2v) is 5.75. The molecule has 2 aliphatic rings. The maximum absolute atomic E-state index is 11.5. The highest BCUT2D eigenvalue weighted by atomic mass is 16.5. The van der Waals surface area contributed by atoms with Crippen molar-refractivity contribution in [3.8, 4) is 0 Å². The summed E-state index contributed by atoms with van der Waals surface area (Å²) in [5, 5.41) is 7.61. The Morgan fingerprint density at radius 1 is 1.40 bits per heavy atom. The molecule has 1 N–H and O–H groups in total. The molecule has 5 heteroatoms. The average molecular weight is 277 g/mol. The van der Waals surface area contributed by atoms with Gasteiger partial charge >= 0.3 is 0 Å². The Labute approximate surface area is 119 Å². The van der Waals surface area contributed by atoms with Gasteiger partial charge in [-0.05, 0) is 38.7 Å². The molecule has 2 aliphatic carbocycles. The summed E-state index contributed by atoms with van der Waals surface area (Å²) in [4.78, 5) is 11.5. The molecule has 1 aromatic rings. The van der Waals surface area contributed by atoms with Crippen LogP contribution >= 0.6 is 0 Å². The molecule has 0 atom stereocenters. The second kappa shape index (κ2) is 5.95. The molecule has 110 valence electrons. The van der Waals surface area contributed by atoms with Gasteiger partial charge in [0.2, 0.25) is 5.91 Å². The van der Waals surface area contributed by atoms with Crippen molar-refractivity contribution in [1.29, 1.82) is 0 Å². The maximum atomic E-state index is 11.5. The first kappa shape index (κ1) is 13.6. The topological polar surface area (TPSA) is 56.1 Å². The van der Waals surface area contributed by atoms with Crippen LogP contribution in [-0.2, 0) is 16.1 Å². The highest BCUT2D eigenvalue weighted by Crippen LogP contribution is 2.44. The normalized spacial score (nSPS) is 18.2. The number of hydrogen-bond acceptors (Lipinski definition) is 3. The summed E-state index contributed by atoms with van der Waals surface area (Å²) in [7, 11) is 0. The molecule has 0 saturated heterocycles. The van der Waals surface area contributed by atoms with E-state index in [2.05, 4.69) is 16.1 Å². The smallest absolute Gasteiger partial charge is 0.246 e. The van der Waals surface area contributed by atoms with Gasteiger partial charge in [-0.3, -0.25) is 9.48 Å². The molecular formula is C15H23N3O2. The zero-order valence-electron chi connectivity index (χ0n) is 12.1. The van der Waals surface area contributed by atoms with Crippen LogP contribution in [0, 0.1) is 0 Å². The van der Waals surface area contributed by atoms with Crippen LogP contribution in [0.2, 0.25) is 0 Å². The second-order valence-electron chi connectivity index (χ2n) is 5.75. The number of nitrogens with one attached hydrogen (secondary N) is 1. The molecule has 0 bridgehead atoms. The van der Waals surface area contributed by atoms with E-state index in [4.69, 9.17) is 9.84 Å². The Hall–Kier alpha value is -1.36. The van der Waals surface area contributed by atoms with E-state index in [-0.39, 0.29) is 12.5 Å². The van der Waals surface area contributed by atoms with Crippen LogP contribution in [0.25, 0.3) is 0 Å². The van der Waals surface area contributed by atoms with Gasteiger partial charge < -0.3 is 10.1 Å². The lowest BCUT2D eigenvalue weighted by Gasteiger charge is -2.08. The van der Waals surface area contributed by atoms with Crippen molar-refractivity contribution in [1.82, 2.24) is 15.1 Å². The van der Waals surface area contributed by atoms with E-state index in [9.17, 15) is 4.79 Å². The summed E-state index contributed by atoms with van der Waals surface area (Å²) in [5.74, 6) is 1.35. The van der Waals surface area contributed by atoms with Crippen molar-refractivity contribution in [3.05, 3.63) is 17.5 Å². The maximum Gasteiger partial charge on any atom is 0.246 e. The van der Waals surface area contributed by atoms with Crippen LogP contribution in [0.15, 0.2) is 6.07 Å². The lowest BCUT2D eigenvalue weighted by molar-refractivity contribution is -0.125. The van der Waals surface area contributed by atoms with E-state index >= 15 is 0 Å². The van der Waals surface area contributed by atoms with Crippen LogP contribution in [0.5, 0.6) is 0 Å². The minimum absolute atomic E-state index is 0.0469. The molecule has 0 aliphatic heterocycles. The Balaban J connectivity index is 1.52. The number of carbonyl (C=O) groups excluding carboxylic acids is 1. The quantitative estimate of drug-likeness (QED) is 0.788. The number of carbonyl (C=O) groups is 1. The van der Waals surface area contributed by atoms with E-state index in [1.54, 1.807) is 0 Å². The largest absolute Gasteiger partial charge is 0.372 e. The standard InChI is InChI=1S/C15H23N3O2/c1-2-20-10-15(19)16-7-8-18-14(12-5-6-12)9-13(17-18)11-3-4-11/h9,11-12H,2-8,10H2,1H3,(H,16,19). The SMILES string of the molecule is CCOCC(=O)NCCn1nc(C2CC2)cc1C1CC1. The zero-order chi connectivity index (χ0) is 13.9. The lowest BCUT2D eigenvalue weighted by Crippen LogP contribution is -2.31. The van der Waals surface area contributed by atoms with Crippen LogP contribution in [-0.4, -0.2) is 35.4 Å². The summed E-state index contributed by atoms with van der Waals surface area (Å²) in [6.45, 7) is 3.99. The van der Waals surface area contributed by atoms with E-state index in [0.717, 1.165) is 6.54 Å². The Kier molecular flexibility index (Phi) is 4.05. The van der Waals surface area contributed by atoms with Crippen molar-refractivity contribution in [2.45, 2.75) is 51.0 Å². The van der Waals surface area contributed by atoms with Gasteiger partial charge in [0, 0.05) is 30.7 Å². The third kappa shape index (κ3) is 3.39. The van der Waals surface area contributed by atoms with Crippen molar-refractivity contribution < 1.29 is 9.53 Å². The van der Waals surface area contributed by atoms with Gasteiger partial charge in [-0.25, -0.2) is 0 Å². The molecule has 0 spiro atoms. The number of nitrogens with zero attached hydrogens (tertiary/aromatic N) is 2. The van der Waals surface area contributed by atoms with Gasteiger partial charge in [0.25, 0.3) is 0 Å². The molecule has 2 fully saturated rings. The van der Waals surface area contributed by atoms with Crippen LogP contribution < -0.4 is 5.32 Å². The van der Waals surface area contributed by atoms with E-state index in [0.29, 0.717) is 25.0 Å². The predicted molar refractivity (Wildman–Crippen MR) is 75.7 cm³/mol. The molecule has 0 radical (unpaired) electrons. The number of amides is 1. The van der Waals surface area contributed by atoms with Gasteiger partial charge in [-0.1, -0.05) is 0 Å². The molecule has 20 heavy (non-hydrogen) atoms. The fraction of sp³-hybridized carbons (Fsp3) is 0.733. The van der Waals surface area contributed by atoms with Gasteiger partial charge in [-0.2, -0.15) is 5.10 Å². The van der Waals surface area contributed by atoms with Crippen molar-refractivity contribution in [2.75, 3.05) is 19.8 Å². The molecule has 3 rings (SSSR count). The average Bonchev–Trinajstić information content (AvgIpc) is 3.35. The Morgan fingerprint density at radius 2 is 2.15 bits per heavy atom. The van der Waals surface area contributed by atoms with Crippen molar-refractivity contribution >= 4 is 5.91 Å². The third-order valence-electron chi connectivity index (χ3n) is 3.90. The first-order valence-electron chi connectivity index (χ1n) is 7.70. The first-order valence-corrected chi connectivity index (χ1v) is 7.70. The number of hydrogen-bond donors (Lipinski definition) is 1. The van der Waals surface area contributed by atoms with Crippen LogP contribution in [0.3, 0.4) is 0 Å². The molecule has 0 unspecified atom stereocenters. The summed E-state index contributed by atoms with van der Waals surface area (Å²) < 4.78 is 7.18. The van der Waals surface area contributed by atoms with Crippen molar-refractivity contribution in [2.24, 2.45) is 0 Å². The molecule has 0 aromatic carbocycles. The summed E-state index contributed by atoms with van der Waals surface area (Å²) in [5.41, 5.74) is 2.62. The molecule has 1 heterocycles. The monoisotopic (exact) mass is 277 g/mol. The Morgan fingerprint density at radius 3 is 2.80 bits per heavy atom. The number of ether oxygens (including phenoxy) is 1. The van der Waals surface area contributed by atoms with Crippen LogP contribution in [0.4, 0.5) is 0 Å². The van der Waals surface area contributed by atoms with Gasteiger partial charge in [0.1, 0.15) is 6.61 Å². The molecule has 1 amide bonds. The number of rotatable bonds is 8. The molecule has 5 nitrogen and oxygen atoms in total. The first-order chi connectivity index (χ1) is 9.78. The Bertz CT molecular complexity index is 475. The third-order valence-corrected chi connectivity index (χ3v) is 3.90. The lowest BCUT2D eigenvalue weighted by atomic mass is 10.2. The van der Waals surface area contributed by atoms with E-state index in [1.807, 2.05) is 6.92 Å². The fourth-order valence-corrected chi connectivity index (χ4v) is 2.46. The number of aromatic nitrogens is 2. The summed E-state index contributed by atoms with van der Waals surface area (Å²) in [6.07, 6.45) is 5.14. The van der Waals surface area contributed by atoms with Gasteiger partial charge in [0.15, 0.2) is 0 Å². The highest BCUT2D eigenvalue weighted by molar-refractivity contribution is 5.77. The minimum Gasteiger partial charge on any atom is -0.372 e. The zero-order valence-corrected chi connectivity index (χ0v) is 12.1. The van der Waals surface area contributed by atoms with Crippen LogP contribution in [0.1, 0.15) is 55.8 Å². The van der Waals surface area contributed by atoms with E-state index in [1.165, 1.54) is 37.1 Å². The minimum atomic E-state index is -0.0469. The summed E-state index contributed by atoms with van der Waals surface area (Å²) in [6, 6.07) is 2.29. The molecule has 2 saturated carbocycles. The van der Waals surface area contributed by atoms with Gasteiger partial charge in [-0.15, -0.1) is 0 Å². The fourth-order valence-electron chi connectivity index (χ4n) is 2.46. The molecular weight excluding hydrogens is 254 g/mol. The van der Waals surface area contributed by atoms with E-state index < -0.39 is 0 Å². The highest BCUT2D eigenvalue weighted by Gasteiger charge is 2.32. The molecule has 1 aromatic heterocycles. The van der Waals surface area contributed by atoms with Crippen molar-refractivity contribution in [3.63, 3.8) is 0 Å². The summed E-state index contributed by atoms with van der Waals surface area (Å²) >= 11 is 0.